The normalized spacial score (nSPS) is 16.3. The van der Waals surface area contributed by atoms with Gasteiger partial charge in [0.2, 0.25) is 10.0 Å². The molecule has 6 nitrogen and oxygen atoms in total. The first-order chi connectivity index (χ1) is 14.5. The fourth-order valence-corrected chi connectivity index (χ4v) is 5.17. The quantitative estimate of drug-likeness (QED) is 0.303. The first-order valence-corrected chi connectivity index (χ1v) is 12.1. The summed E-state index contributed by atoms with van der Waals surface area (Å²) in [6.45, 7) is 6.48. The molecule has 3 rings (SSSR count). The maximum atomic E-state index is 12.9. The monoisotopic (exact) mass is 556 g/mol. The molecule has 0 bridgehead atoms. The molecule has 1 aliphatic rings. The van der Waals surface area contributed by atoms with E-state index in [-0.39, 0.29) is 30.0 Å². The number of benzene rings is 2. The van der Waals surface area contributed by atoms with Gasteiger partial charge in [0.05, 0.1) is 17.5 Å². The van der Waals surface area contributed by atoms with E-state index in [1.54, 1.807) is 22.5 Å². The van der Waals surface area contributed by atoms with E-state index in [0.29, 0.717) is 30.5 Å². The topological polar surface area (TPSA) is 73.8 Å². The van der Waals surface area contributed by atoms with Gasteiger partial charge in [-0.1, -0.05) is 48.9 Å². The molecule has 1 unspecified atom stereocenters. The van der Waals surface area contributed by atoms with Crippen molar-refractivity contribution in [3.8, 4) is 0 Å². The van der Waals surface area contributed by atoms with Crippen LogP contribution in [0.25, 0.3) is 0 Å². The predicted molar refractivity (Wildman–Crippen MR) is 137 cm³/mol. The molecule has 2 N–H and O–H groups in total. The molecule has 2 aromatic carbocycles. The fourth-order valence-electron chi connectivity index (χ4n) is 3.58. The maximum Gasteiger partial charge on any atom is 0.243 e. The molecule has 2 aromatic rings. The van der Waals surface area contributed by atoms with Crippen molar-refractivity contribution in [1.82, 2.24) is 14.9 Å². The second kappa shape index (κ2) is 12.4. The van der Waals surface area contributed by atoms with Crippen molar-refractivity contribution < 1.29 is 8.42 Å². The first kappa shape index (κ1) is 25.6. The van der Waals surface area contributed by atoms with E-state index in [4.69, 9.17) is 0 Å². The molecule has 170 valence electrons. The molecule has 0 spiro atoms. The molecule has 8 heteroatoms. The molecule has 1 aliphatic heterocycles. The molecular formula is C23H33IN4O2S. The molecule has 1 saturated heterocycles. The van der Waals surface area contributed by atoms with E-state index in [1.165, 1.54) is 5.56 Å². The van der Waals surface area contributed by atoms with E-state index >= 15 is 0 Å². The third kappa shape index (κ3) is 7.18. The molecular weight excluding hydrogens is 523 g/mol. The van der Waals surface area contributed by atoms with E-state index in [2.05, 4.69) is 34.7 Å². The Morgan fingerprint density at radius 1 is 1.06 bits per heavy atom. The molecule has 0 radical (unpaired) electrons. The number of guanidine groups is 1. The van der Waals surface area contributed by atoms with E-state index in [9.17, 15) is 8.42 Å². The minimum atomic E-state index is -3.43. The smallest absolute Gasteiger partial charge is 0.243 e. The van der Waals surface area contributed by atoms with Crippen LogP contribution in [0.1, 0.15) is 50.3 Å². The van der Waals surface area contributed by atoms with Crippen molar-refractivity contribution in [3.05, 3.63) is 65.7 Å². The fraction of sp³-hybridized carbons (Fsp3) is 0.435. The largest absolute Gasteiger partial charge is 0.357 e. The molecule has 1 fully saturated rings. The Morgan fingerprint density at radius 2 is 1.77 bits per heavy atom. The molecule has 0 aromatic heterocycles. The third-order valence-corrected chi connectivity index (χ3v) is 7.16. The molecule has 0 amide bonds. The first-order valence-electron chi connectivity index (χ1n) is 10.7. The summed E-state index contributed by atoms with van der Waals surface area (Å²) in [4.78, 5) is 5.03. The highest BCUT2D eigenvalue weighted by Crippen LogP contribution is 2.21. The highest BCUT2D eigenvalue weighted by molar-refractivity contribution is 14.0. The lowest BCUT2D eigenvalue weighted by Gasteiger charge is -2.26. The second-order valence-corrected chi connectivity index (χ2v) is 9.52. The van der Waals surface area contributed by atoms with Gasteiger partial charge in [-0.3, -0.25) is 0 Å². The standard InChI is InChI=1S/C23H32N4O2S.HI/c1-3-24-23(26-19(2)21-12-6-4-7-13-21)25-18-20-11-10-14-22(17-20)30(28,29)27-15-8-5-9-16-27;/h4,6-7,10-14,17,19H,3,5,8-9,15-16,18H2,1-2H3,(H2,24,25,26);1H. The summed E-state index contributed by atoms with van der Waals surface area (Å²) < 4.78 is 27.5. The zero-order valence-electron chi connectivity index (χ0n) is 18.3. The van der Waals surface area contributed by atoms with Crippen LogP contribution in [-0.4, -0.2) is 38.3 Å². The number of sulfonamides is 1. The van der Waals surface area contributed by atoms with Crippen molar-refractivity contribution in [2.24, 2.45) is 4.99 Å². The lowest BCUT2D eigenvalue weighted by atomic mass is 10.1. The number of aliphatic imine (C=N–C) groups is 1. The van der Waals surface area contributed by atoms with Gasteiger partial charge in [-0.25, -0.2) is 13.4 Å². The van der Waals surface area contributed by atoms with Crippen molar-refractivity contribution in [2.75, 3.05) is 19.6 Å². The van der Waals surface area contributed by atoms with Crippen molar-refractivity contribution in [1.29, 1.82) is 0 Å². The summed E-state index contributed by atoms with van der Waals surface area (Å²) in [5, 5.41) is 6.68. The zero-order chi connectivity index (χ0) is 21.4. The van der Waals surface area contributed by atoms with Crippen LogP contribution in [-0.2, 0) is 16.6 Å². The van der Waals surface area contributed by atoms with Crippen LogP contribution in [0.5, 0.6) is 0 Å². The Morgan fingerprint density at radius 3 is 2.45 bits per heavy atom. The van der Waals surface area contributed by atoms with E-state index in [1.807, 2.05) is 31.2 Å². The SMILES string of the molecule is CCNC(=NCc1cccc(S(=O)(=O)N2CCCCC2)c1)NC(C)c1ccccc1.I. The highest BCUT2D eigenvalue weighted by atomic mass is 127. The summed E-state index contributed by atoms with van der Waals surface area (Å²) in [6, 6.07) is 17.5. The van der Waals surface area contributed by atoms with Crippen molar-refractivity contribution in [3.63, 3.8) is 0 Å². The van der Waals surface area contributed by atoms with Gasteiger partial charge in [0.25, 0.3) is 0 Å². The second-order valence-electron chi connectivity index (χ2n) is 7.58. The molecule has 31 heavy (non-hydrogen) atoms. The van der Waals surface area contributed by atoms with Crippen LogP contribution in [0.3, 0.4) is 0 Å². The highest BCUT2D eigenvalue weighted by Gasteiger charge is 2.25. The number of hydrogen-bond donors (Lipinski definition) is 2. The number of hydrogen-bond acceptors (Lipinski definition) is 3. The van der Waals surface area contributed by atoms with Gasteiger partial charge in [-0.05, 0) is 49.9 Å². The van der Waals surface area contributed by atoms with Gasteiger partial charge >= 0.3 is 0 Å². The molecule has 1 heterocycles. The molecule has 1 atom stereocenters. The Labute approximate surface area is 203 Å². The lowest BCUT2D eigenvalue weighted by Crippen LogP contribution is -2.38. The van der Waals surface area contributed by atoms with E-state index in [0.717, 1.165) is 31.4 Å². The van der Waals surface area contributed by atoms with Crippen LogP contribution < -0.4 is 10.6 Å². The summed E-state index contributed by atoms with van der Waals surface area (Å²) in [6.07, 6.45) is 2.96. The number of rotatable bonds is 7. The minimum Gasteiger partial charge on any atom is -0.357 e. The summed E-state index contributed by atoms with van der Waals surface area (Å²) in [5.74, 6) is 0.707. The average Bonchev–Trinajstić information content (AvgIpc) is 2.79. The van der Waals surface area contributed by atoms with Crippen LogP contribution in [0.15, 0.2) is 64.5 Å². The van der Waals surface area contributed by atoms with Crippen LogP contribution >= 0.6 is 24.0 Å². The lowest BCUT2D eigenvalue weighted by molar-refractivity contribution is 0.346. The van der Waals surface area contributed by atoms with Crippen LogP contribution in [0, 0.1) is 0 Å². The Bertz CT molecular complexity index is 945. The Balaban J connectivity index is 0.00000341. The number of halogens is 1. The van der Waals surface area contributed by atoms with Gasteiger partial charge < -0.3 is 10.6 Å². The third-order valence-electron chi connectivity index (χ3n) is 5.27. The van der Waals surface area contributed by atoms with E-state index < -0.39 is 10.0 Å². The number of piperidine rings is 1. The van der Waals surface area contributed by atoms with Gasteiger partial charge in [-0.15, -0.1) is 24.0 Å². The Kier molecular flexibility index (Phi) is 10.2. The minimum absolute atomic E-state index is 0. The summed E-state index contributed by atoms with van der Waals surface area (Å²) >= 11 is 0. The summed E-state index contributed by atoms with van der Waals surface area (Å²) in [5.41, 5.74) is 2.05. The zero-order valence-corrected chi connectivity index (χ0v) is 21.4. The van der Waals surface area contributed by atoms with Crippen molar-refractivity contribution >= 4 is 40.0 Å². The van der Waals surface area contributed by atoms with Gasteiger partial charge in [0.1, 0.15) is 0 Å². The number of nitrogens with one attached hydrogen (secondary N) is 2. The van der Waals surface area contributed by atoms with Gasteiger partial charge in [-0.2, -0.15) is 4.31 Å². The Hall–Kier alpha value is -1.65. The predicted octanol–water partition coefficient (Wildman–Crippen LogP) is 4.30. The summed E-state index contributed by atoms with van der Waals surface area (Å²) in [7, 11) is -3.43. The number of nitrogens with zero attached hydrogens (tertiary/aromatic N) is 2. The van der Waals surface area contributed by atoms with Gasteiger partial charge in [0.15, 0.2) is 5.96 Å². The van der Waals surface area contributed by atoms with Crippen LogP contribution in [0.2, 0.25) is 0 Å². The maximum absolute atomic E-state index is 12.9. The van der Waals surface area contributed by atoms with Crippen LogP contribution in [0.4, 0.5) is 0 Å². The average molecular weight is 557 g/mol. The van der Waals surface area contributed by atoms with Crippen molar-refractivity contribution in [2.45, 2.75) is 50.6 Å². The van der Waals surface area contributed by atoms with Gasteiger partial charge in [0, 0.05) is 19.6 Å². The molecule has 0 aliphatic carbocycles. The molecule has 0 saturated carbocycles.